The lowest BCUT2D eigenvalue weighted by Gasteiger charge is -2.04. The van der Waals surface area contributed by atoms with E-state index < -0.39 is 0 Å². The van der Waals surface area contributed by atoms with Crippen LogP contribution in [0.15, 0.2) is 60.7 Å². The first-order valence-corrected chi connectivity index (χ1v) is 42.4. The van der Waals surface area contributed by atoms with Gasteiger partial charge in [-0.1, -0.05) is 272 Å². The zero-order chi connectivity index (χ0) is 60.9. The quantitative estimate of drug-likeness (QED) is 0.0333. The minimum atomic E-state index is 1.19. The van der Waals surface area contributed by atoms with Gasteiger partial charge in [-0.05, 0) is 148 Å². The zero-order valence-corrected chi connectivity index (χ0v) is 61.9. The SMILES string of the molecule is CCCCCCCCCCCCc1cc(C)sc1-c1cc(CCCCCCCCCCCC)c(-c2ccc(-c3ccc(-c4ccc(-c5sc(-c6sc(CCC)cc6CCCCCCCCCCCC)cc5CCCCCCCCCCCC)s4)s3)s2)s1. The Morgan fingerprint density at radius 3 is 0.782 bits per heavy atom. The van der Waals surface area contributed by atoms with Crippen LogP contribution in [0.3, 0.4) is 0 Å². The molecule has 0 saturated carbocycles. The highest BCUT2D eigenvalue weighted by Crippen LogP contribution is 2.50. The first-order chi connectivity index (χ1) is 42.9. The third-order valence-electron chi connectivity index (χ3n) is 18.3. The van der Waals surface area contributed by atoms with Crippen molar-refractivity contribution in [3.63, 3.8) is 0 Å². The van der Waals surface area contributed by atoms with E-state index in [9.17, 15) is 0 Å². The molecule has 7 aromatic heterocycles. The summed E-state index contributed by atoms with van der Waals surface area (Å²) in [5.74, 6) is 0. The monoisotopic (exact) mass is 1300 g/mol. The highest BCUT2D eigenvalue weighted by Gasteiger charge is 2.22. The van der Waals surface area contributed by atoms with E-state index in [4.69, 9.17) is 0 Å². The third kappa shape index (κ3) is 25.7. The lowest BCUT2D eigenvalue weighted by atomic mass is 10.0. The van der Waals surface area contributed by atoms with Crippen molar-refractivity contribution in [3.05, 3.63) is 92.7 Å². The standard InChI is InChI=1S/C80H120S7/c1-7-12-16-20-24-28-32-36-40-44-49-64-59-63(6)81-79(64)75-61-66(51-46-42-38-34-30-26-22-18-14-9-3)77(86-75)73-57-55-71(84-73)69-53-54-70(83-69)72-56-58-74(85-72)78-67(52-47-43-39-35-31-27-23-19-15-10-4)62-76(87-78)80-65(60-68(82-80)48-11-5)50-45-41-37-33-29-25-21-17-13-8-2/h53-62H,7-52H2,1-6H3. The summed E-state index contributed by atoms with van der Waals surface area (Å²) in [6.07, 6.45) is 62.9. The lowest BCUT2D eigenvalue weighted by molar-refractivity contribution is 0.556. The summed E-state index contributed by atoms with van der Waals surface area (Å²) in [5, 5.41) is 0. The minimum absolute atomic E-state index is 1.19. The van der Waals surface area contributed by atoms with Crippen molar-refractivity contribution >= 4 is 79.4 Å². The number of hydrogen-bond donors (Lipinski definition) is 0. The maximum Gasteiger partial charge on any atom is 0.0481 e. The average Bonchev–Trinajstić information content (AvgIpc) is 2.34. The summed E-state index contributed by atoms with van der Waals surface area (Å²) in [4.78, 5) is 20.9. The van der Waals surface area contributed by atoms with Gasteiger partial charge in [-0.2, -0.15) is 0 Å². The zero-order valence-electron chi connectivity index (χ0n) is 56.2. The van der Waals surface area contributed by atoms with E-state index in [0.717, 1.165) is 0 Å². The molecule has 0 aliphatic carbocycles. The Labute approximate surface area is 562 Å². The maximum absolute atomic E-state index is 2.66. The number of aryl methyl sites for hydroxylation is 6. The lowest BCUT2D eigenvalue weighted by Crippen LogP contribution is -1.87. The third-order valence-corrected chi connectivity index (χ3v) is 27.4. The Morgan fingerprint density at radius 1 is 0.207 bits per heavy atom. The predicted molar refractivity (Wildman–Crippen MR) is 405 cm³/mol. The van der Waals surface area contributed by atoms with Crippen molar-refractivity contribution in [2.24, 2.45) is 0 Å². The molecule has 0 aromatic carbocycles. The van der Waals surface area contributed by atoms with E-state index >= 15 is 0 Å². The van der Waals surface area contributed by atoms with Crippen LogP contribution in [-0.2, 0) is 32.1 Å². The van der Waals surface area contributed by atoms with Gasteiger partial charge in [0.1, 0.15) is 0 Å². The summed E-state index contributed by atoms with van der Waals surface area (Å²) in [7, 11) is 0. The topological polar surface area (TPSA) is 0 Å². The summed E-state index contributed by atoms with van der Waals surface area (Å²) < 4.78 is 0. The van der Waals surface area contributed by atoms with Gasteiger partial charge in [-0.25, -0.2) is 0 Å². The van der Waals surface area contributed by atoms with Crippen LogP contribution in [0.2, 0.25) is 0 Å². The molecule has 0 bridgehead atoms. The van der Waals surface area contributed by atoms with Crippen molar-refractivity contribution in [1.29, 1.82) is 0 Å². The molecule has 0 N–H and O–H groups in total. The second-order valence-corrected chi connectivity index (χ2v) is 33.9. The predicted octanol–water partition coefficient (Wildman–Crippen LogP) is 31.2. The molecule has 482 valence electrons. The fourth-order valence-electron chi connectivity index (χ4n) is 13.1. The Bertz CT molecular complexity index is 2840. The molecule has 7 rings (SSSR count). The molecule has 0 nitrogen and oxygen atoms in total. The van der Waals surface area contributed by atoms with Gasteiger partial charge in [-0.3, -0.25) is 0 Å². The van der Waals surface area contributed by atoms with Crippen molar-refractivity contribution in [2.75, 3.05) is 0 Å². The van der Waals surface area contributed by atoms with Crippen LogP contribution >= 0.6 is 79.4 Å². The molecule has 0 radical (unpaired) electrons. The number of unbranched alkanes of at least 4 members (excludes halogenated alkanes) is 36. The molecule has 0 amide bonds. The van der Waals surface area contributed by atoms with Gasteiger partial charge in [0.05, 0.1) is 0 Å². The summed E-state index contributed by atoms with van der Waals surface area (Å²) >= 11 is 14.5. The summed E-state index contributed by atoms with van der Waals surface area (Å²) in [6, 6.07) is 25.1. The highest BCUT2D eigenvalue weighted by atomic mass is 32.1. The van der Waals surface area contributed by atoms with Crippen molar-refractivity contribution in [2.45, 2.75) is 337 Å². The van der Waals surface area contributed by atoms with Crippen LogP contribution in [0.5, 0.6) is 0 Å². The summed E-state index contributed by atoms with van der Waals surface area (Å²) in [5.41, 5.74) is 6.41. The van der Waals surface area contributed by atoms with E-state index in [-0.39, 0.29) is 0 Å². The van der Waals surface area contributed by atoms with Gasteiger partial charge in [0.25, 0.3) is 0 Å². The molecule has 7 aromatic rings. The van der Waals surface area contributed by atoms with Gasteiger partial charge in [0.15, 0.2) is 0 Å². The molecular weight excluding hydrogens is 1190 g/mol. The van der Waals surface area contributed by atoms with Gasteiger partial charge in [0, 0.05) is 68.3 Å². The molecule has 87 heavy (non-hydrogen) atoms. The van der Waals surface area contributed by atoms with E-state index in [0.29, 0.717) is 0 Å². The number of thiophene rings is 7. The van der Waals surface area contributed by atoms with Crippen molar-refractivity contribution < 1.29 is 0 Å². The minimum Gasteiger partial charge on any atom is -0.139 e. The Morgan fingerprint density at radius 2 is 0.460 bits per heavy atom. The fraction of sp³-hybridized carbons (Fsp3) is 0.650. The Kier molecular flexibility index (Phi) is 36.3. The van der Waals surface area contributed by atoms with Crippen LogP contribution in [0, 0.1) is 6.92 Å². The van der Waals surface area contributed by atoms with Crippen molar-refractivity contribution in [1.82, 2.24) is 0 Å². The fourth-order valence-corrected chi connectivity index (χ4v) is 21.6. The van der Waals surface area contributed by atoms with E-state index in [1.165, 1.54) is 344 Å². The van der Waals surface area contributed by atoms with Gasteiger partial charge >= 0.3 is 0 Å². The van der Waals surface area contributed by atoms with Crippen LogP contribution in [0.25, 0.3) is 58.5 Å². The first-order valence-electron chi connectivity index (χ1n) is 36.7. The largest absolute Gasteiger partial charge is 0.139 e. The molecule has 0 atom stereocenters. The number of hydrogen-bond acceptors (Lipinski definition) is 7. The first kappa shape index (κ1) is 72.3. The highest BCUT2D eigenvalue weighted by molar-refractivity contribution is 7.31. The summed E-state index contributed by atoms with van der Waals surface area (Å²) in [6.45, 7) is 14.0. The maximum atomic E-state index is 2.66. The second-order valence-electron chi connectivity index (χ2n) is 26.2. The van der Waals surface area contributed by atoms with E-state index in [2.05, 4.69) is 136 Å². The van der Waals surface area contributed by atoms with Crippen LogP contribution in [-0.4, -0.2) is 0 Å². The van der Waals surface area contributed by atoms with Crippen LogP contribution < -0.4 is 0 Å². The average molecular weight is 1310 g/mol. The van der Waals surface area contributed by atoms with Gasteiger partial charge in [0.2, 0.25) is 0 Å². The Balaban J connectivity index is 1.05. The van der Waals surface area contributed by atoms with E-state index in [1.54, 1.807) is 41.8 Å². The molecule has 0 saturated heterocycles. The van der Waals surface area contributed by atoms with Crippen molar-refractivity contribution in [3.8, 4) is 58.5 Å². The molecule has 0 aliphatic heterocycles. The molecule has 7 heterocycles. The molecule has 0 spiro atoms. The molecular formula is C80H120S7. The second kappa shape index (κ2) is 43.7. The van der Waals surface area contributed by atoms with Gasteiger partial charge < -0.3 is 0 Å². The smallest absolute Gasteiger partial charge is 0.0481 e. The normalized spacial score (nSPS) is 11.8. The molecule has 0 unspecified atom stereocenters. The Hall–Kier alpha value is -2.10. The number of rotatable bonds is 52. The van der Waals surface area contributed by atoms with Crippen LogP contribution in [0.1, 0.15) is 330 Å². The van der Waals surface area contributed by atoms with E-state index in [1.807, 2.05) is 45.3 Å². The van der Waals surface area contributed by atoms with Gasteiger partial charge in [-0.15, -0.1) is 79.4 Å². The molecule has 0 fully saturated rings. The molecule has 0 aliphatic rings. The van der Waals surface area contributed by atoms with Crippen LogP contribution in [0.4, 0.5) is 0 Å². The molecule has 7 heteroatoms.